The Labute approximate surface area is 288 Å². The number of phenolic OH excluding ortho intramolecular Hbond substituents is 1. The summed E-state index contributed by atoms with van der Waals surface area (Å²) in [7, 11) is 0. The highest BCUT2D eigenvalue weighted by Gasteiger charge is 2.77. The fourth-order valence-electron chi connectivity index (χ4n) is 8.28. The van der Waals surface area contributed by atoms with E-state index in [1.54, 1.807) is 42.5 Å². The van der Waals surface area contributed by atoms with Gasteiger partial charge in [-0.05, 0) is 66.6 Å². The molecule has 2 aliphatic heterocycles. The van der Waals surface area contributed by atoms with Gasteiger partial charge in [-0.3, -0.25) is 24.1 Å². The molecular formula is C37H25Cl2FN2O7. The summed E-state index contributed by atoms with van der Waals surface area (Å²) in [6.45, 7) is 0. The van der Waals surface area contributed by atoms with E-state index in [0.29, 0.717) is 16.3 Å². The maximum absolute atomic E-state index is 14.6. The van der Waals surface area contributed by atoms with Crippen LogP contribution in [0.3, 0.4) is 0 Å². The summed E-state index contributed by atoms with van der Waals surface area (Å²) in [4.78, 5) is 66.3. The lowest BCUT2D eigenvalue weighted by Crippen LogP contribution is -2.60. The highest BCUT2D eigenvalue weighted by Crippen LogP contribution is 2.66. The second-order valence-corrected chi connectivity index (χ2v) is 14.1. The molecule has 2 heterocycles. The van der Waals surface area contributed by atoms with Gasteiger partial charge in [0.05, 0.1) is 28.8 Å². The molecule has 0 unspecified atom stereocenters. The number of benzene rings is 4. The Morgan fingerprint density at radius 2 is 1.55 bits per heavy atom. The molecule has 49 heavy (non-hydrogen) atoms. The lowest BCUT2D eigenvalue weighted by atomic mass is 9.56. The Hall–Kier alpha value is -5.06. The Kier molecular flexibility index (Phi) is 6.83. The third-order valence-electron chi connectivity index (χ3n) is 10.5. The molecule has 0 bridgehead atoms. The molecule has 3 fully saturated rings. The van der Waals surface area contributed by atoms with Crippen LogP contribution in [0, 0.1) is 23.6 Å². The summed E-state index contributed by atoms with van der Waals surface area (Å²) in [5.74, 6) is -8.93. The number of hydrogen-bond donors (Lipinski definition) is 2. The van der Waals surface area contributed by atoms with Gasteiger partial charge in [0.1, 0.15) is 11.6 Å². The van der Waals surface area contributed by atoms with Crippen LogP contribution < -0.4 is 9.80 Å². The van der Waals surface area contributed by atoms with Crippen molar-refractivity contribution >= 4 is 74.9 Å². The van der Waals surface area contributed by atoms with E-state index in [2.05, 4.69) is 0 Å². The Balaban J connectivity index is 1.31. The average Bonchev–Trinajstić information content (AvgIpc) is 3.43. The Morgan fingerprint density at radius 1 is 0.816 bits per heavy atom. The van der Waals surface area contributed by atoms with Gasteiger partial charge in [-0.15, -0.1) is 23.2 Å². The number of phenols is 1. The zero-order chi connectivity index (χ0) is 34.6. The van der Waals surface area contributed by atoms with Crippen molar-refractivity contribution in [1.29, 1.82) is 0 Å². The third-order valence-corrected chi connectivity index (χ3v) is 11.9. The summed E-state index contributed by atoms with van der Waals surface area (Å²) >= 11 is 14.8. The second kappa shape index (κ2) is 10.7. The number of allylic oxidation sites excluding steroid dienone is 2. The summed E-state index contributed by atoms with van der Waals surface area (Å²) in [5.41, 5.74) is 0.699. The van der Waals surface area contributed by atoms with Crippen molar-refractivity contribution in [1.82, 2.24) is 0 Å². The van der Waals surface area contributed by atoms with E-state index in [4.69, 9.17) is 23.2 Å². The first-order chi connectivity index (χ1) is 23.4. The van der Waals surface area contributed by atoms with Crippen molar-refractivity contribution in [2.75, 3.05) is 9.80 Å². The zero-order valence-corrected chi connectivity index (χ0v) is 26.9. The number of carboxylic acid groups (broad SMARTS) is 1. The van der Waals surface area contributed by atoms with E-state index in [9.17, 15) is 38.6 Å². The molecule has 2 aliphatic carbocycles. The van der Waals surface area contributed by atoms with Gasteiger partial charge in [-0.1, -0.05) is 54.1 Å². The van der Waals surface area contributed by atoms with Crippen molar-refractivity contribution in [2.45, 2.75) is 28.5 Å². The maximum atomic E-state index is 14.6. The number of halogens is 3. The molecule has 2 N–H and O–H groups in total. The van der Waals surface area contributed by atoms with Crippen LogP contribution in [-0.4, -0.2) is 49.6 Å². The minimum absolute atomic E-state index is 0.0405. The van der Waals surface area contributed by atoms with Crippen LogP contribution in [-0.2, 0) is 19.2 Å². The molecule has 4 aromatic rings. The van der Waals surface area contributed by atoms with Crippen molar-refractivity contribution < 1.29 is 38.6 Å². The van der Waals surface area contributed by atoms with Gasteiger partial charge in [-0.25, -0.2) is 14.1 Å². The molecule has 4 aromatic carbocycles. The molecule has 0 radical (unpaired) electrons. The predicted molar refractivity (Wildman–Crippen MR) is 178 cm³/mol. The van der Waals surface area contributed by atoms with Gasteiger partial charge in [0.2, 0.25) is 11.8 Å². The number of amides is 4. The van der Waals surface area contributed by atoms with Gasteiger partial charge >= 0.3 is 5.97 Å². The number of alkyl halides is 2. The number of carbonyl (C=O) groups is 5. The summed E-state index contributed by atoms with van der Waals surface area (Å²) in [6.07, 6.45) is 1.51. The number of aromatic carboxylic acids is 1. The van der Waals surface area contributed by atoms with Gasteiger partial charge in [0.15, 0.2) is 9.75 Å². The number of carboxylic acids is 1. The van der Waals surface area contributed by atoms with Gasteiger partial charge in [0.25, 0.3) is 11.8 Å². The number of rotatable bonds is 4. The van der Waals surface area contributed by atoms with E-state index < -0.39 is 68.8 Å². The molecule has 0 aromatic heterocycles. The first-order valence-corrected chi connectivity index (χ1v) is 16.3. The topological polar surface area (TPSA) is 132 Å². The van der Waals surface area contributed by atoms with Crippen LogP contribution in [0.15, 0.2) is 96.6 Å². The highest BCUT2D eigenvalue weighted by atomic mass is 35.5. The number of aromatic hydroxyl groups is 1. The smallest absolute Gasteiger partial charge is 0.335 e. The van der Waals surface area contributed by atoms with Crippen LogP contribution >= 0.6 is 23.2 Å². The average molecular weight is 700 g/mol. The van der Waals surface area contributed by atoms with Crippen LogP contribution in [0.5, 0.6) is 5.75 Å². The largest absolute Gasteiger partial charge is 0.507 e. The minimum atomic E-state index is -2.21. The molecule has 6 atom stereocenters. The van der Waals surface area contributed by atoms with Crippen molar-refractivity contribution in [3.05, 3.63) is 114 Å². The molecule has 246 valence electrons. The predicted octanol–water partition coefficient (Wildman–Crippen LogP) is 6.15. The van der Waals surface area contributed by atoms with Gasteiger partial charge < -0.3 is 10.2 Å². The van der Waals surface area contributed by atoms with E-state index in [-0.39, 0.29) is 41.1 Å². The molecule has 4 aliphatic rings. The fourth-order valence-corrected chi connectivity index (χ4v) is 9.21. The first-order valence-electron chi connectivity index (χ1n) is 15.5. The number of carbonyl (C=O) groups excluding carboxylic acids is 4. The zero-order valence-electron chi connectivity index (χ0n) is 25.3. The SMILES string of the molecule is O=C(O)c1cccc(N2C(=O)[C@H]3[C@H](CC=C4[C@H]3C[C@@]3(Cl)C(=O)N(c5ccc(F)cc5)C(=O)[C@@]3(Cl)[C@H]4c3ccc4ccccc4c3O)C2=O)c1. The molecule has 1 saturated carbocycles. The van der Waals surface area contributed by atoms with Crippen LogP contribution in [0.2, 0.25) is 0 Å². The normalized spacial score (nSPS) is 29.2. The van der Waals surface area contributed by atoms with E-state index in [1.807, 2.05) is 0 Å². The summed E-state index contributed by atoms with van der Waals surface area (Å²) in [5, 5.41) is 22.5. The van der Waals surface area contributed by atoms with Crippen LogP contribution in [0.25, 0.3) is 10.8 Å². The van der Waals surface area contributed by atoms with Crippen molar-refractivity contribution in [3.63, 3.8) is 0 Å². The number of imide groups is 2. The van der Waals surface area contributed by atoms with E-state index in [0.717, 1.165) is 21.9 Å². The lowest BCUT2D eigenvalue weighted by Gasteiger charge is -2.50. The Morgan fingerprint density at radius 3 is 2.29 bits per heavy atom. The fraction of sp³-hybridized carbons (Fsp3) is 0.216. The van der Waals surface area contributed by atoms with Crippen LogP contribution in [0.4, 0.5) is 15.8 Å². The van der Waals surface area contributed by atoms with Crippen molar-refractivity contribution in [2.24, 2.45) is 17.8 Å². The summed E-state index contributed by atoms with van der Waals surface area (Å²) in [6, 6.07) is 20.6. The van der Waals surface area contributed by atoms with E-state index in [1.165, 1.54) is 36.4 Å². The first kappa shape index (κ1) is 31.2. The van der Waals surface area contributed by atoms with Gasteiger partial charge in [-0.2, -0.15) is 0 Å². The third kappa shape index (κ3) is 4.13. The Bertz CT molecular complexity index is 2210. The van der Waals surface area contributed by atoms with Crippen LogP contribution in [0.1, 0.15) is 34.7 Å². The molecule has 9 nitrogen and oxygen atoms in total. The number of anilines is 2. The number of nitrogens with zero attached hydrogens (tertiary/aromatic N) is 2. The molecule has 0 spiro atoms. The molecule has 4 amide bonds. The number of hydrogen-bond acceptors (Lipinski definition) is 6. The molecule has 12 heteroatoms. The highest BCUT2D eigenvalue weighted by molar-refractivity contribution is 6.58. The monoisotopic (exact) mass is 698 g/mol. The molecule has 2 saturated heterocycles. The minimum Gasteiger partial charge on any atom is -0.507 e. The maximum Gasteiger partial charge on any atom is 0.335 e. The van der Waals surface area contributed by atoms with Crippen molar-refractivity contribution in [3.8, 4) is 5.75 Å². The number of fused-ring (bicyclic) bond motifs is 5. The second-order valence-electron chi connectivity index (χ2n) is 12.8. The quantitative estimate of drug-likeness (QED) is 0.148. The molecule has 8 rings (SSSR count). The standard InChI is InChI=1S/C37H25Cl2FN2O7/c38-36-17-27-24(14-15-25-28(27)32(45)41(31(25)44)22-6-3-5-19(16-22)33(46)47)29(26-13-8-18-4-1-2-7-23(18)30(26)43)37(36,39)35(49)42(34(36)48)21-11-9-20(40)10-12-21/h1-14,16,25,27-29,43H,15,17H2,(H,46,47)/t25-,27+,28-,29+,36+,37-/m0/s1. The summed E-state index contributed by atoms with van der Waals surface area (Å²) < 4.78 is 13.9. The van der Waals surface area contributed by atoms with E-state index >= 15 is 0 Å². The van der Waals surface area contributed by atoms with Gasteiger partial charge in [0, 0.05) is 16.9 Å². The molecular weight excluding hydrogens is 674 g/mol. The lowest BCUT2D eigenvalue weighted by molar-refractivity contribution is -0.125.